The lowest BCUT2D eigenvalue weighted by molar-refractivity contribution is 0.783. The molecule has 1 aliphatic rings. The summed E-state index contributed by atoms with van der Waals surface area (Å²) < 4.78 is 0. The van der Waals surface area contributed by atoms with E-state index in [1.807, 2.05) is 0 Å². The number of anilines is 2. The topological polar surface area (TPSA) is 41.1 Å². The van der Waals surface area contributed by atoms with Gasteiger partial charge in [0.2, 0.25) is 5.95 Å². The zero-order valence-corrected chi connectivity index (χ0v) is 13.6. The van der Waals surface area contributed by atoms with Crippen molar-refractivity contribution >= 4 is 34.7 Å². The molecule has 2 aromatic rings. The molecule has 0 bridgehead atoms. The summed E-state index contributed by atoms with van der Waals surface area (Å²) in [4.78, 5) is 12.5. The average molecular weight is 323 g/mol. The molecule has 0 aromatic carbocycles. The molecule has 112 valence electrons. The molecule has 0 atom stereocenters. The molecule has 0 amide bonds. The van der Waals surface area contributed by atoms with Gasteiger partial charge in [-0.15, -0.1) is 11.3 Å². The van der Waals surface area contributed by atoms with Crippen molar-refractivity contribution in [1.82, 2.24) is 9.97 Å². The largest absolute Gasteiger partial charge is 0.354 e. The Hall–Kier alpha value is -1.33. The van der Waals surface area contributed by atoms with E-state index in [2.05, 4.69) is 44.6 Å². The van der Waals surface area contributed by atoms with Gasteiger partial charge in [-0.05, 0) is 30.7 Å². The molecule has 0 saturated heterocycles. The molecule has 1 N–H and O–H groups in total. The van der Waals surface area contributed by atoms with E-state index in [1.54, 1.807) is 17.5 Å². The van der Waals surface area contributed by atoms with Crippen molar-refractivity contribution in [3.05, 3.63) is 33.6 Å². The zero-order chi connectivity index (χ0) is 14.7. The third-order valence-electron chi connectivity index (χ3n) is 3.42. The average Bonchev–Trinajstić information content (AvgIpc) is 3.21. The van der Waals surface area contributed by atoms with Crippen LogP contribution in [0.15, 0.2) is 23.7 Å². The summed E-state index contributed by atoms with van der Waals surface area (Å²) in [5.74, 6) is 1.51. The molecule has 0 spiro atoms. The molecule has 1 aliphatic carbocycles. The maximum atomic E-state index is 6.35. The Morgan fingerprint density at radius 2 is 2.33 bits per heavy atom. The van der Waals surface area contributed by atoms with E-state index in [0.717, 1.165) is 25.3 Å². The number of thiophene rings is 1. The fraction of sp³-hybridized carbons (Fsp3) is 0.467. The molecular formula is C15H19ClN4S. The molecule has 21 heavy (non-hydrogen) atoms. The van der Waals surface area contributed by atoms with Crippen LogP contribution in [0, 0.1) is 0 Å². The van der Waals surface area contributed by atoms with Crippen LogP contribution in [0.3, 0.4) is 0 Å². The standard InChI is InChI=1S/C15H19ClN4S/c1-2-7-17-15-18-9-13(16)14(19-15)20(11-5-6-11)10-12-4-3-8-21-12/h3-4,8-9,11H,2,5-7,10H2,1H3,(H,17,18,19). The Labute approximate surface area is 134 Å². The smallest absolute Gasteiger partial charge is 0.224 e. The van der Waals surface area contributed by atoms with Gasteiger partial charge in [0.1, 0.15) is 5.02 Å². The van der Waals surface area contributed by atoms with Gasteiger partial charge in [0.15, 0.2) is 5.82 Å². The highest BCUT2D eigenvalue weighted by molar-refractivity contribution is 7.09. The molecule has 0 aliphatic heterocycles. The van der Waals surface area contributed by atoms with Crippen LogP contribution in [-0.2, 0) is 6.54 Å². The van der Waals surface area contributed by atoms with Gasteiger partial charge >= 0.3 is 0 Å². The van der Waals surface area contributed by atoms with Crippen molar-refractivity contribution in [3.63, 3.8) is 0 Å². The van der Waals surface area contributed by atoms with Crippen LogP contribution in [0.4, 0.5) is 11.8 Å². The monoisotopic (exact) mass is 322 g/mol. The highest BCUT2D eigenvalue weighted by Gasteiger charge is 2.31. The first kappa shape index (κ1) is 14.6. The lowest BCUT2D eigenvalue weighted by Gasteiger charge is -2.24. The van der Waals surface area contributed by atoms with Gasteiger partial charge in [-0.1, -0.05) is 24.6 Å². The second-order valence-corrected chi connectivity index (χ2v) is 6.67. The number of rotatable bonds is 7. The first-order valence-corrected chi connectivity index (χ1v) is 8.59. The number of halogens is 1. The van der Waals surface area contributed by atoms with E-state index >= 15 is 0 Å². The molecule has 1 saturated carbocycles. The van der Waals surface area contributed by atoms with Gasteiger partial charge in [-0.2, -0.15) is 4.98 Å². The number of hydrogen-bond donors (Lipinski definition) is 1. The van der Waals surface area contributed by atoms with Gasteiger partial charge < -0.3 is 10.2 Å². The van der Waals surface area contributed by atoms with Crippen LogP contribution in [0.25, 0.3) is 0 Å². The Balaban J connectivity index is 1.84. The van der Waals surface area contributed by atoms with Crippen molar-refractivity contribution in [2.45, 2.75) is 38.8 Å². The number of nitrogens with one attached hydrogen (secondary N) is 1. The SMILES string of the molecule is CCCNc1ncc(Cl)c(N(Cc2cccs2)C2CC2)n1. The maximum absolute atomic E-state index is 6.35. The summed E-state index contributed by atoms with van der Waals surface area (Å²) >= 11 is 8.12. The van der Waals surface area contributed by atoms with Gasteiger partial charge in [0, 0.05) is 17.5 Å². The van der Waals surface area contributed by atoms with Gasteiger partial charge in [-0.25, -0.2) is 4.98 Å². The fourth-order valence-corrected chi connectivity index (χ4v) is 3.12. The minimum atomic E-state index is 0.554. The highest BCUT2D eigenvalue weighted by atomic mass is 35.5. The van der Waals surface area contributed by atoms with Crippen LogP contribution >= 0.6 is 22.9 Å². The van der Waals surface area contributed by atoms with E-state index in [0.29, 0.717) is 17.0 Å². The zero-order valence-electron chi connectivity index (χ0n) is 12.1. The Morgan fingerprint density at radius 1 is 1.48 bits per heavy atom. The first-order chi connectivity index (χ1) is 10.3. The quantitative estimate of drug-likeness (QED) is 0.830. The van der Waals surface area contributed by atoms with Crippen LogP contribution in [-0.4, -0.2) is 22.6 Å². The summed E-state index contributed by atoms with van der Waals surface area (Å²) in [5.41, 5.74) is 0. The van der Waals surface area contributed by atoms with E-state index in [-0.39, 0.29) is 0 Å². The third kappa shape index (κ3) is 3.66. The molecule has 3 rings (SSSR count). The van der Waals surface area contributed by atoms with Crippen molar-refractivity contribution in [3.8, 4) is 0 Å². The lowest BCUT2D eigenvalue weighted by Crippen LogP contribution is -2.26. The van der Waals surface area contributed by atoms with Crippen LogP contribution < -0.4 is 10.2 Å². The number of aromatic nitrogens is 2. The van der Waals surface area contributed by atoms with Gasteiger partial charge in [0.05, 0.1) is 12.7 Å². The van der Waals surface area contributed by atoms with E-state index < -0.39 is 0 Å². The van der Waals surface area contributed by atoms with Crippen molar-refractivity contribution in [2.75, 3.05) is 16.8 Å². The molecule has 0 radical (unpaired) electrons. The Kier molecular flexibility index (Phi) is 4.60. The first-order valence-electron chi connectivity index (χ1n) is 7.33. The summed E-state index contributed by atoms with van der Waals surface area (Å²) in [6.45, 7) is 3.86. The summed E-state index contributed by atoms with van der Waals surface area (Å²) in [6.07, 6.45) is 5.17. The molecular weight excluding hydrogens is 304 g/mol. The molecule has 1 fully saturated rings. The minimum Gasteiger partial charge on any atom is -0.354 e. The van der Waals surface area contributed by atoms with Crippen LogP contribution in [0.1, 0.15) is 31.1 Å². The van der Waals surface area contributed by atoms with E-state index in [1.165, 1.54) is 17.7 Å². The normalized spacial score (nSPS) is 14.2. The summed E-state index contributed by atoms with van der Waals surface area (Å²) in [6, 6.07) is 4.80. The predicted molar refractivity (Wildman–Crippen MR) is 89.3 cm³/mol. The van der Waals surface area contributed by atoms with E-state index in [4.69, 9.17) is 11.6 Å². The molecule has 4 nitrogen and oxygen atoms in total. The van der Waals surface area contributed by atoms with Gasteiger partial charge in [-0.3, -0.25) is 0 Å². The third-order valence-corrected chi connectivity index (χ3v) is 4.55. The molecule has 2 heterocycles. The minimum absolute atomic E-state index is 0.554. The van der Waals surface area contributed by atoms with Crippen LogP contribution in [0.5, 0.6) is 0 Å². The van der Waals surface area contributed by atoms with E-state index in [9.17, 15) is 0 Å². The molecule has 2 aromatic heterocycles. The second kappa shape index (κ2) is 6.62. The maximum Gasteiger partial charge on any atom is 0.224 e. The summed E-state index contributed by atoms with van der Waals surface area (Å²) in [7, 11) is 0. The van der Waals surface area contributed by atoms with Gasteiger partial charge in [0.25, 0.3) is 0 Å². The molecule has 6 heteroatoms. The molecule has 0 unspecified atom stereocenters. The summed E-state index contributed by atoms with van der Waals surface area (Å²) in [5, 5.41) is 5.96. The van der Waals surface area contributed by atoms with Crippen LogP contribution in [0.2, 0.25) is 5.02 Å². The van der Waals surface area contributed by atoms with Crippen molar-refractivity contribution in [2.24, 2.45) is 0 Å². The Morgan fingerprint density at radius 3 is 3.00 bits per heavy atom. The second-order valence-electron chi connectivity index (χ2n) is 5.23. The number of hydrogen-bond acceptors (Lipinski definition) is 5. The number of nitrogens with zero attached hydrogens (tertiary/aromatic N) is 3. The highest BCUT2D eigenvalue weighted by Crippen LogP contribution is 2.36. The fourth-order valence-electron chi connectivity index (χ4n) is 2.22. The van der Waals surface area contributed by atoms with Crippen molar-refractivity contribution in [1.29, 1.82) is 0 Å². The lowest BCUT2D eigenvalue weighted by atomic mass is 10.3. The Bertz CT molecular complexity index is 583. The predicted octanol–water partition coefficient (Wildman–Crippen LogP) is 4.18. The van der Waals surface area contributed by atoms with Crippen molar-refractivity contribution < 1.29 is 0 Å².